The zero-order chi connectivity index (χ0) is 13.1. The van der Waals surface area contributed by atoms with Gasteiger partial charge in [-0.15, -0.1) is 0 Å². The van der Waals surface area contributed by atoms with Crippen LogP contribution in [0.3, 0.4) is 0 Å². The highest BCUT2D eigenvalue weighted by Gasteiger charge is 2.14. The second-order valence-corrected chi connectivity index (χ2v) is 5.76. The number of benzene rings is 1. The Kier molecular flexibility index (Phi) is 3.87. The molecule has 1 aromatic heterocycles. The van der Waals surface area contributed by atoms with Crippen molar-refractivity contribution >= 4 is 15.9 Å². The molecule has 0 bridgehead atoms. The lowest BCUT2D eigenvalue weighted by molar-refractivity contribution is 0.296. The summed E-state index contributed by atoms with van der Waals surface area (Å²) in [7, 11) is 0. The monoisotopic (exact) mass is 320 g/mol. The molecule has 0 amide bonds. The molecule has 1 aromatic carbocycles. The van der Waals surface area contributed by atoms with Crippen LogP contribution in [0.4, 0.5) is 0 Å². The first kappa shape index (κ1) is 12.7. The van der Waals surface area contributed by atoms with Gasteiger partial charge in [-0.2, -0.15) is 0 Å². The van der Waals surface area contributed by atoms with E-state index in [1.807, 2.05) is 30.6 Å². The highest BCUT2D eigenvalue weighted by Crippen LogP contribution is 2.20. The molecule has 19 heavy (non-hydrogen) atoms. The lowest BCUT2D eigenvalue weighted by atomic mass is 10.0. The number of hydrogen-bond donors (Lipinski definition) is 0. The van der Waals surface area contributed by atoms with Crippen molar-refractivity contribution in [1.29, 1.82) is 0 Å². The third-order valence-electron chi connectivity index (χ3n) is 3.51. The number of hydrogen-bond acceptors (Lipinski definition) is 2. The standard InChI is InChI=1S/C15H17BrN2O/c16-12-4-3-5-13(10-12)19-9-8-18-11-17-14-6-1-2-7-15(14)18/h3-5,10-11H,1-2,6-9H2. The Morgan fingerprint density at radius 3 is 3.05 bits per heavy atom. The van der Waals surface area contributed by atoms with Crippen LogP contribution in [0.25, 0.3) is 0 Å². The van der Waals surface area contributed by atoms with Gasteiger partial charge in [0, 0.05) is 10.2 Å². The molecule has 0 radical (unpaired) electrons. The quantitative estimate of drug-likeness (QED) is 0.860. The first-order valence-electron chi connectivity index (χ1n) is 6.74. The van der Waals surface area contributed by atoms with Crippen molar-refractivity contribution in [2.75, 3.05) is 6.61 Å². The van der Waals surface area contributed by atoms with Crippen LogP contribution in [-0.2, 0) is 19.4 Å². The lowest BCUT2D eigenvalue weighted by Gasteiger charge is -2.14. The molecule has 3 rings (SSSR count). The first-order valence-corrected chi connectivity index (χ1v) is 7.53. The fourth-order valence-corrected chi connectivity index (χ4v) is 2.92. The van der Waals surface area contributed by atoms with Gasteiger partial charge in [-0.3, -0.25) is 0 Å². The summed E-state index contributed by atoms with van der Waals surface area (Å²) in [4.78, 5) is 4.50. The van der Waals surface area contributed by atoms with Crippen LogP contribution in [-0.4, -0.2) is 16.2 Å². The third kappa shape index (κ3) is 3.00. The lowest BCUT2D eigenvalue weighted by Crippen LogP contribution is -2.12. The van der Waals surface area contributed by atoms with Crippen molar-refractivity contribution in [1.82, 2.24) is 9.55 Å². The van der Waals surface area contributed by atoms with Crippen molar-refractivity contribution in [2.45, 2.75) is 32.2 Å². The molecule has 3 nitrogen and oxygen atoms in total. The molecule has 0 saturated heterocycles. The molecular weight excluding hydrogens is 304 g/mol. The minimum Gasteiger partial charge on any atom is -0.492 e. The van der Waals surface area contributed by atoms with E-state index in [-0.39, 0.29) is 0 Å². The number of nitrogens with zero attached hydrogens (tertiary/aromatic N) is 2. The van der Waals surface area contributed by atoms with Gasteiger partial charge in [0.1, 0.15) is 12.4 Å². The minimum atomic E-state index is 0.680. The average molecular weight is 321 g/mol. The molecule has 0 atom stereocenters. The first-order chi connectivity index (χ1) is 9.33. The van der Waals surface area contributed by atoms with Crippen LogP contribution in [0.5, 0.6) is 5.75 Å². The van der Waals surface area contributed by atoms with Crippen molar-refractivity contribution in [3.63, 3.8) is 0 Å². The Labute approximate surface area is 121 Å². The number of imidazole rings is 1. The minimum absolute atomic E-state index is 0.680. The van der Waals surface area contributed by atoms with Gasteiger partial charge in [0.15, 0.2) is 0 Å². The maximum Gasteiger partial charge on any atom is 0.120 e. The molecule has 1 heterocycles. The zero-order valence-corrected chi connectivity index (χ0v) is 12.4. The van der Waals surface area contributed by atoms with Gasteiger partial charge in [-0.1, -0.05) is 22.0 Å². The molecule has 0 aliphatic heterocycles. The maximum atomic E-state index is 5.77. The maximum absolute atomic E-state index is 5.77. The van der Waals surface area contributed by atoms with Gasteiger partial charge in [-0.05, 0) is 43.9 Å². The van der Waals surface area contributed by atoms with E-state index in [9.17, 15) is 0 Å². The molecule has 1 aliphatic carbocycles. The van der Waals surface area contributed by atoms with E-state index >= 15 is 0 Å². The van der Waals surface area contributed by atoms with Crippen LogP contribution in [0.15, 0.2) is 35.1 Å². The fraction of sp³-hybridized carbons (Fsp3) is 0.400. The number of ether oxygens (including phenoxy) is 1. The van der Waals surface area contributed by atoms with Crippen LogP contribution in [0.1, 0.15) is 24.2 Å². The van der Waals surface area contributed by atoms with Crippen molar-refractivity contribution in [3.05, 3.63) is 46.5 Å². The molecule has 0 spiro atoms. The molecule has 0 N–H and O–H groups in total. The van der Waals surface area contributed by atoms with E-state index in [0.717, 1.165) is 29.6 Å². The molecule has 2 aromatic rings. The number of halogens is 1. The second kappa shape index (κ2) is 5.78. The van der Waals surface area contributed by atoms with Crippen LogP contribution in [0, 0.1) is 0 Å². The van der Waals surface area contributed by atoms with Gasteiger partial charge >= 0.3 is 0 Å². The van der Waals surface area contributed by atoms with E-state index in [4.69, 9.17) is 4.74 Å². The highest BCUT2D eigenvalue weighted by atomic mass is 79.9. The normalized spacial score (nSPS) is 14.2. The van der Waals surface area contributed by atoms with E-state index in [1.165, 1.54) is 24.2 Å². The third-order valence-corrected chi connectivity index (χ3v) is 4.00. The number of aromatic nitrogens is 2. The van der Waals surface area contributed by atoms with E-state index in [1.54, 1.807) is 0 Å². The fourth-order valence-electron chi connectivity index (χ4n) is 2.54. The summed E-state index contributed by atoms with van der Waals surface area (Å²) < 4.78 is 9.06. The summed E-state index contributed by atoms with van der Waals surface area (Å²) >= 11 is 3.45. The summed E-state index contributed by atoms with van der Waals surface area (Å²) in [6.45, 7) is 1.55. The molecule has 0 fully saturated rings. The van der Waals surface area contributed by atoms with Crippen LogP contribution < -0.4 is 4.74 Å². The summed E-state index contributed by atoms with van der Waals surface area (Å²) in [6, 6.07) is 7.95. The van der Waals surface area contributed by atoms with Crippen LogP contribution in [0.2, 0.25) is 0 Å². The van der Waals surface area contributed by atoms with Crippen molar-refractivity contribution in [3.8, 4) is 5.75 Å². The number of rotatable bonds is 4. The number of aryl methyl sites for hydroxylation is 1. The summed E-state index contributed by atoms with van der Waals surface area (Å²) in [5.74, 6) is 0.906. The molecule has 4 heteroatoms. The molecule has 0 unspecified atom stereocenters. The Balaban J connectivity index is 1.59. The molecule has 0 saturated carbocycles. The molecule has 100 valence electrons. The molecule has 1 aliphatic rings. The average Bonchev–Trinajstić information content (AvgIpc) is 2.83. The summed E-state index contributed by atoms with van der Waals surface area (Å²) in [5, 5.41) is 0. The Hall–Kier alpha value is -1.29. The van der Waals surface area contributed by atoms with Gasteiger partial charge in [0.05, 0.1) is 18.6 Å². The highest BCUT2D eigenvalue weighted by molar-refractivity contribution is 9.10. The van der Waals surface area contributed by atoms with E-state index < -0.39 is 0 Å². The zero-order valence-electron chi connectivity index (χ0n) is 10.8. The van der Waals surface area contributed by atoms with Gasteiger partial charge < -0.3 is 9.30 Å². The predicted molar refractivity (Wildman–Crippen MR) is 78.5 cm³/mol. The van der Waals surface area contributed by atoms with E-state index in [0.29, 0.717) is 6.61 Å². The Morgan fingerprint density at radius 2 is 2.16 bits per heavy atom. The Bertz CT molecular complexity index is 565. The van der Waals surface area contributed by atoms with Gasteiger partial charge in [0.25, 0.3) is 0 Å². The van der Waals surface area contributed by atoms with Crippen LogP contribution >= 0.6 is 15.9 Å². The summed E-state index contributed by atoms with van der Waals surface area (Å²) in [6.07, 6.45) is 6.81. The molecular formula is C15H17BrN2O. The SMILES string of the molecule is Brc1cccc(OCCn2cnc3c2CCCC3)c1. The largest absolute Gasteiger partial charge is 0.492 e. The summed E-state index contributed by atoms with van der Waals surface area (Å²) in [5.41, 5.74) is 2.69. The smallest absolute Gasteiger partial charge is 0.120 e. The predicted octanol–water partition coefficient (Wildman–Crippen LogP) is 3.60. The second-order valence-electron chi connectivity index (χ2n) is 4.84. The van der Waals surface area contributed by atoms with Gasteiger partial charge in [0.2, 0.25) is 0 Å². The topological polar surface area (TPSA) is 27.1 Å². The van der Waals surface area contributed by atoms with E-state index in [2.05, 4.69) is 25.5 Å². The van der Waals surface area contributed by atoms with Crippen molar-refractivity contribution in [2.24, 2.45) is 0 Å². The Morgan fingerprint density at radius 1 is 1.26 bits per heavy atom. The van der Waals surface area contributed by atoms with Gasteiger partial charge in [-0.25, -0.2) is 4.98 Å². The van der Waals surface area contributed by atoms with Crippen molar-refractivity contribution < 1.29 is 4.74 Å². The number of fused-ring (bicyclic) bond motifs is 1.